The third-order valence-corrected chi connectivity index (χ3v) is 8.30. The first kappa shape index (κ1) is 31.5. The molecule has 1 atom stereocenters. The van der Waals surface area contributed by atoms with Gasteiger partial charge in [0.25, 0.3) is 0 Å². The number of nitrogens with zero attached hydrogens (tertiary/aromatic N) is 2. The van der Waals surface area contributed by atoms with Crippen LogP contribution in [0.2, 0.25) is 0 Å². The van der Waals surface area contributed by atoms with Gasteiger partial charge in [0.05, 0.1) is 4.90 Å². The molecule has 1 aliphatic rings. The molecule has 1 heterocycles. The van der Waals surface area contributed by atoms with Crippen molar-refractivity contribution < 1.29 is 18.0 Å². The number of benzene rings is 2. The molecular weight excluding hydrogens is 546 g/mol. The van der Waals surface area contributed by atoms with Gasteiger partial charge in [-0.25, -0.2) is 8.42 Å². The molecule has 3 rings (SSSR count). The van der Waals surface area contributed by atoms with Crippen LogP contribution in [0.15, 0.2) is 58.4 Å². The molecule has 222 valence electrons. The first-order chi connectivity index (χ1) is 19.5. The monoisotopic (exact) mass is 585 g/mol. The molecule has 1 unspecified atom stereocenters. The zero-order valence-electron chi connectivity index (χ0n) is 22.9. The number of piperidine rings is 1. The summed E-state index contributed by atoms with van der Waals surface area (Å²) >= 11 is 0. The van der Waals surface area contributed by atoms with Crippen LogP contribution in [0.5, 0.6) is 0 Å². The van der Waals surface area contributed by atoms with E-state index >= 15 is 0 Å². The zero-order chi connectivity index (χ0) is 30.0. The van der Waals surface area contributed by atoms with Crippen molar-refractivity contribution in [2.45, 2.75) is 43.0 Å². The van der Waals surface area contributed by atoms with E-state index in [9.17, 15) is 18.0 Å². The summed E-state index contributed by atoms with van der Waals surface area (Å²) in [4.78, 5) is 31.3. The second-order valence-corrected chi connectivity index (χ2v) is 11.7. The highest BCUT2D eigenvalue weighted by Gasteiger charge is 2.32. The van der Waals surface area contributed by atoms with Crippen molar-refractivity contribution in [1.29, 1.82) is 5.41 Å². The fourth-order valence-corrected chi connectivity index (χ4v) is 5.91. The summed E-state index contributed by atoms with van der Waals surface area (Å²) in [5, 5.41) is 10.4. The molecule has 0 bridgehead atoms. The van der Waals surface area contributed by atoms with Crippen molar-refractivity contribution in [2.75, 3.05) is 31.5 Å². The Morgan fingerprint density at radius 2 is 1.78 bits per heavy atom. The van der Waals surface area contributed by atoms with E-state index in [1.54, 1.807) is 35.2 Å². The van der Waals surface area contributed by atoms with Crippen LogP contribution in [-0.4, -0.2) is 69.1 Å². The van der Waals surface area contributed by atoms with Crippen molar-refractivity contribution in [2.24, 2.45) is 33.8 Å². The van der Waals surface area contributed by atoms with Gasteiger partial charge in [0.2, 0.25) is 21.8 Å². The van der Waals surface area contributed by atoms with Crippen molar-refractivity contribution in [3.8, 4) is 0 Å². The quantitative estimate of drug-likeness (QED) is 0.125. The number of hydrogen-bond donors (Lipinski definition) is 7. The number of carbonyl (C=O) groups excluding carboxylic acids is 2. The Balaban J connectivity index is 1.81. The van der Waals surface area contributed by atoms with E-state index in [1.807, 2.05) is 0 Å². The Kier molecular flexibility index (Phi) is 11.2. The molecule has 1 aliphatic heterocycles. The molecular formula is C27H39N9O4S. The molecule has 1 saturated heterocycles. The van der Waals surface area contributed by atoms with E-state index in [2.05, 4.69) is 15.0 Å². The normalized spacial score (nSPS) is 14.7. The number of guanidine groups is 1. The van der Waals surface area contributed by atoms with Gasteiger partial charge < -0.3 is 33.2 Å². The molecule has 0 radical (unpaired) electrons. The van der Waals surface area contributed by atoms with Crippen LogP contribution < -0.4 is 33.0 Å². The molecule has 1 fully saturated rings. The predicted molar refractivity (Wildman–Crippen MR) is 159 cm³/mol. The molecule has 0 aliphatic carbocycles. The topological polar surface area (TPSA) is 236 Å². The predicted octanol–water partition coefficient (Wildman–Crippen LogP) is 0.0497. The van der Waals surface area contributed by atoms with E-state index < -0.39 is 16.1 Å². The average molecular weight is 586 g/mol. The molecule has 11 N–H and O–H groups in total. The number of carbonyl (C=O) groups is 2. The maximum atomic E-state index is 13.7. The van der Waals surface area contributed by atoms with Gasteiger partial charge >= 0.3 is 0 Å². The lowest BCUT2D eigenvalue weighted by Crippen LogP contribution is -2.51. The van der Waals surface area contributed by atoms with Gasteiger partial charge in [0, 0.05) is 43.9 Å². The number of nitrogens with two attached hydrogens (primary N) is 4. The highest BCUT2D eigenvalue weighted by molar-refractivity contribution is 7.89. The van der Waals surface area contributed by atoms with Crippen LogP contribution in [0.3, 0.4) is 0 Å². The summed E-state index contributed by atoms with van der Waals surface area (Å²) in [6.07, 6.45) is 2.43. The lowest BCUT2D eigenvalue weighted by atomic mass is 9.93. The number of hydrogen-bond acceptors (Lipinski definition) is 7. The zero-order valence-corrected chi connectivity index (χ0v) is 23.7. The summed E-state index contributed by atoms with van der Waals surface area (Å²) in [6, 6.07) is 11.5. The number of nitrogens with one attached hydrogen (secondary N) is 3. The first-order valence-electron chi connectivity index (χ1n) is 13.4. The molecule has 14 heteroatoms. The fourth-order valence-electron chi connectivity index (χ4n) is 4.67. The van der Waals surface area contributed by atoms with Gasteiger partial charge in [-0.3, -0.25) is 20.0 Å². The minimum atomic E-state index is -4.17. The van der Waals surface area contributed by atoms with Crippen LogP contribution >= 0.6 is 0 Å². The fraction of sp³-hybridized carbons (Fsp3) is 0.407. The molecule has 13 nitrogen and oxygen atoms in total. The number of nitrogen functional groups attached to an aromatic ring is 1. The molecule has 0 saturated carbocycles. The average Bonchev–Trinajstić information content (AvgIpc) is 2.93. The summed E-state index contributed by atoms with van der Waals surface area (Å²) in [7, 11) is -4.17. The van der Waals surface area contributed by atoms with Crippen LogP contribution in [0, 0.1) is 11.3 Å². The highest BCUT2D eigenvalue weighted by Crippen LogP contribution is 2.23. The smallest absolute Gasteiger partial charge is 0.241 e. The van der Waals surface area contributed by atoms with Crippen molar-refractivity contribution in [1.82, 2.24) is 9.62 Å². The lowest BCUT2D eigenvalue weighted by molar-refractivity contribution is -0.134. The summed E-state index contributed by atoms with van der Waals surface area (Å²) < 4.78 is 29.6. The second kappa shape index (κ2) is 14.6. The molecule has 2 amide bonds. The van der Waals surface area contributed by atoms with E-state index in [0.717, 1.165) is 19.3 Å². The Bertz CT molecular complexity index is 1370. The molecule has 0 spiro atoms. The van der Waals surface area contributed by atoms with Crippen LogP contribution in [0.25, 0.3) is 0 Å². The number of likely N-dealkylation sites (tertiary alicyclic amines) is 1. The molecule has 0 aromatic heterocycles. The van der Waals surface area contributed by atoms with Crippen LogP contribution in [0.1, 0.15) is 36.8 Å². The third-order valence-electron chi connectivity index (χ3n) is 6.83. The SMILES string of the molecule is N=C(N)c1cccc(CC(NS(=O)(=O)c2cccc(NC(=O)CCN)c2)C(=O)N2CCC(CCN=C(N)N)CC2)c1. The number of sulfonamides is 1. The number of aliphatic imine (C=N–C) groups is 1. The maximum absolute atomic E-state index is 13.7. The minimum Gasteiger partial charge on any atom is -0.384 e. The Labute approximate surface area is 240 Å². The van der Waals surface area contributed by atoms with Gasteiger partial charge in [-0.05, 0) is 61.4 Å². The molecule has 2 aromatic carbocycles. The van der Waals surface area contributed by atoms with Crippen molar-refractivity contribution in [3.05, 3.63) is 59.7 Å². The largest absolute Gasteiger partial charge is 0.384 e. The van der Waals surface area contributed by atoms with Gasteiger partial charge in [0.1, 0.15) is 11.9 Å². The standard InChI is InChI=1S/C27H39N9O4S/c28-11-7-24(37)34-21-5-2-6-22(17-21)41(39,40)35-23(16-19-3-1-4-20(15-19)25(29)30)26(38)36-13-9-18(10-14-36)8-12-33-27(31)32/h1-6,15,17-18,23,35H,7-14,16,28H2,(H3,29,30)(H,34,37)(H4,31,32,33). The van der Waals surface area contributed by atoms with E-state index in [4.69, 9.17) is 28.3 Å². The summed E-state index contributed by atoms with van der Waals surface area (Å²) in [6.45, 7) is 1.62. The number of amides is 2. The van der Waals surface area contributed by atoms with Crippen LogP contribution in [-0.2, 0) is 26.0 Å². The molecule has 41 heavy (non-hydrogen) atoms. The first-order valence-corrected chi connectivity index (χ1v) is 14.9. The molecule has 2 aromatic rings. The van der Waals surface area contributed by atoms with Crippen molar-refractivity contribution in [3.63, 3.8) is 0 Å². The van der Waals surface area contributed by atoms with Gasteiger partial charge in [0.15, 0.2) is 5.96 Å². The highest BCUT2D eigenvalue weighted by atomic mass is 32.2. The van der Waals surface area contributed by atoms with Gasteiger partial charge in [-0.15, -0.1) is 0 Å². The van der Waals surface area contributed by atoms with Crippen molar-refractivity contribution >= 4 is 39.3 Å². The second-order valence-electron chi connectivity index (χ2n) is 9.97. The minimum absolute atomic E-state index is 0.0464. The number of anilines is 1. The maximum Gasteiger partial charge on any atom is 0.241 e. The van der Waals surface area contributed by atoms with E-state index in [0.29, 0.717) is 42.4 Å². The summed E-state index contributed by atoms with van der Waals surface area (Å²) in [5.74, 6) is -0.426. The van der Waals surface area contributed by atoms with Crippen LogP contribution in [0.4, 0.5) is 5.69 Å². The summed E-state index contributed by atoms with van der Waals surface area (Å²) in [5.41, 5.74) is 23.3. The Hall–Kier alpha value is -4.01. The third kappa shape index (κ3) is 9.55. The lowest BCUT2D eigenvalue weighted by Gasteiger charge is -2.34. The number of rotatable bonds is 13. The van der Waals surface area contributed by atoms with Gasteiger partial charge in [-0.2, -0.15) is 4.72 Å². The van der Waals surface area contributed by atoms with E-state index in [-0.39, 0.29) is 47.9 Å². The Morgan fingerprint density at radius 3 is 2.44 bits per heavy atom. The van der Waals surface area contributed by atoms with Gasteiger partial charge in [-0.1, -0.05) is 24.3 Å². The van der Waals surface area contributed by atoms with E-state index in [1.165, 1.54) is 18.2 Å². The Morgan fingerprint density at radius 1 is 1.07 bits per heavy atom. The number of amidine groups is 1.